The van der Waals surface area contributed by atoms with Gasteiger partial charge in [0.05, 0.1) is 10.3 Å². The van der Waals surface area contributed by atoms with E-state index in [1.165, 1.54) is 6.07 Å². The molecule has 7 heteroatoms. The Morgan fingerprint density at radius 2 is 1.77 bits per heavy atom. The minimum Gasteiger partial charge on any atom is -0.481 e. The number of unbranched alkanes of at least 4 members (excludes halogenated alkanes) is 2. The van der Waals surface area contributed by atoms with Crippen LogP contribution in [-0.4, -0.2) is 34.3 Å². The summed E-state index contributed by atoms with van der Waals surface area (Å²) in [6.07, 6.45) is 3.17. The van der Waals surface area contributed by atoms with Crippen LogP contribution in [0.3, 0.4) is 0 Å². The van der Waals surface area contributed by atoms with Crippen molar-refractivity contribution in [2.75, 3.05) is 0 Å². The fourth-order valence-electron chi connectivity index (χ4n) is 4.24. The summed E-state index contributed by atoms with van der Waals surface area (Å²) < 4.78 is 35.2. The topological polar surface area (TPSA) is 94.7 Å². The smallest absolute Gasteiger partial charge is 0.303 e. The van der Waals surface area contributed by atoms with Crippen molar-refractivity contribution in [2.24, 2.45) is 0 Å². The molecule has 1 aliphatic heterocycles. The van der Waals surface area contributed by atoms with Gasteiger partial charge >= 0.3 is 5.97 Å². The van der Waals surface area contributed by atoms with E-state index in [4.69, 9.17) is 5.11 Å². The minimum atomic E-state index is -4.30. The summed E-state index contributed by atoms with van der Waals surface area (Å²) >= 11 is 0. The van der Waals surface area contributed by atoms with E-state index < -0.39 is 21.5 Å². The molecule has 2 aromatic carbocycles. The van der Waals surface area contributed by atoms with Gasteiger partial charge in [0.15, 0.2) is 12.3 Å². The molecule has 0 spiro atoms. The predicted octanol–water partition coefficient (Wildman–Crippen LogP) is 4.54. The number of fused-ring (bicyclic) bond motifs is 1. The van der Waals surface area contributed by atoms with E-state index >= 15 is 0 Å². The summed E-state index contributed by atoms with van der Waals surface area (Å²) in [4.78, 5) is 10.7. The van der Waals surface area contributed by atoms with Crippen molar-refractivity contribution in [2.45, 2.75) is 62.8 Å². The molecule has 0 aliphatic carbocycles. The molecule has 0 aromatic heterocycles. The molecule has 160 valence electrons. The quantitative estimate of drug-likeness (QED) is 0.346. The Kier molecular flexibility index (Phi) is 6.43. The van der Waals surface area contributed by atoms with Crippen molar-refractivity contribution >= 4 is 27.5 Å². The molecule has 1 heterocycles. The third-order valence-corrected chi connectivity index (χ3v) is 6.96. The molecule has 0 saturated carbocycles. The summed E-state index contributed by atoms with van der Waals surface area (Å²) in [6.45, 7) is 4.82. The Balaban J connectivity index is 1.96. The van der Waals surface area contributed by atoms with Crippen LogP contribution in [0.15, 0.2) is 53.4 Å². The second-order valence-corrected chi connectivity index (χ2v) is 9.52. The average Bonchev–Trinajstić information content (AvgIpc) is 2.89. The van der Waals surface area contributed by atoms with Crippen LogP contribution in [0.4, 0.5) is 5.69 Å². The maximum atomic E-state index is 11.7. The van der Waals surface area contributed by atoms with Gasteiger partial charge in [0, 0.05) is 30.5 Å². The Labute approximate surface area is 177 Å². The van der Waals surface area contributed by atoms with Gasteiger partial charge in [0.1, 0.15) is 0 Å². The Morgan fingerprint density at radius 1 is 1.07 bits per heavy atom. The van der Waals surface area contributed by atoms with Crippen LogP contribution < -0.4 is 0 Å². The Morgan fingerprint density at radius 3 is 2.40 bits per heavy atom. The van der Waals surface area contributed by atoms with E-state index in [9.17, 15) is 17.8 Å². The first kappa shape index (κ1) is 22.2. The van der Waals surface area contributed by atoms with E-state index in [-0.39, 0.29) is 11.3 Å². The molecule has 3 rings (SSSR count). The third kappa shape index (κ3) is 4.63. The highest BCUT2D eigenvalue weighted by Gasteiger charge is 2.46. The maximum absolute atomic E-state index is 11.7. The van der Waals surface area contributed by atoms with E-state index in [0.717, 1.165) is 41.8 Å². The number of carboxylic acid groups (broad SMARTS) is 1. The van der Waals surface area contributed by atoms with E-state index in [2.05, 4.69) is 30.6 Å². The normalized spacial score (nSPS) is 18.5. The number of hydrogen-bond donors (Lipinski definition) is 2. The van der Waals surface area contributed by atoms with Crippen molar-refractivity contribution < 1.29 is 27.4 Å². The zero-order valence-electron chi connectivity index (χ0n) is 17.3. The van der Waals surface area contributed by atoms with Gasteiger partial charge in [-0.25, -0.2) is 0 Å². The van der Waals surface area contributed by atoms with Crippen LogP contribution in [0.1, 0.15) is 57.1 Å². The zero-order chi connectivity index (χ0) is 21.9. The molecule has 0 unspecified atom stereocenters. The van der Waals surface area contributed by atoms with Crippen LogP contribution in [-0.2, 0) is 26.9 Å². The zero-order valence-corrected chi connectivity index (χ0v) is 18.2. The summed E-state index contributed by atoms with van der Waals surface area (Å²) in [5.41, 5.74) is 3.69. The molecule has 6 nitrogen and oxygen atoms in total. The lowest BCUT2D eigenvalue weighted by Gasteiger charge is -2.22. The van der Waals surface area contributed by atoms with Crippen molar-refractivity contribution in [3.05, 3.63) is 59.7 Å². The molecular formula is C23H28NO5S+. The molecule has 2 aromatic rings. The van der Waals surface area contributed by atoms with Gasteiger partial charge in [-0.3, -0.25) is 9.35 Å². The maximum Gasteiger partial charge on any atom is 0.303 e. The lowest BCUT2D eigenvalue weighted by Crippen LogP contribution is -2.30. The van der Waals surface area contributed by atoms with Gasteiger partial charge in [-0.2, -0.15) is 13.0 Å². The first-order valence-corrected chi connectivity index (χ1v) is 11.6. The van der Waals surface area contributed by atoms with Crippen LogP contribution >= 0.6 is 0 Å². The van der Waals surface area contributed by atoms with Gasteiger partial charge < -0.3 is 5.11 Å². The number of benzene rings is 2. The highest BCUT2D eigenvalue weighted by Crippen LogP contribution is 2.44. The van der Waals surface area contributed by atoms with Gasteiger partial charge in [0.25, 0.3) is 10.1 Å². The van der Waals surface area contributed by atoms with E-state index in [1.54, 1.807) is 12.1 Å². The summed E-state index contributed by atoms with van der Waals surface area (Å²) in [5.74, 6) is -0.790. The fraction of sp³-hybridized carbons (Fsp3) is 0.391. The summed E-state index contributed by atoms with van der Waals surface area (Å²) in [5, 5.41) is 8.84. The molecule has 0 fully saturated rings. The summed E-state index contributed by atoms with van der Waals surface area (Å²) in [7, 11) is -4.30. The van der Waals surface area contributed by atoms with Gasteiger partial charge in [0.2, 0.25) is 5.69 Å². The number of aliphatic carboxylic acids is 1. The van der Waals surface area contributed by atoms with Crippen LogP contribution in [0.5, 0.6) is 0 Å². The van der Waals surface area contributed by atoms with Crippen LogP contribution in [0.2, 0.25) is 0 Å². The van der Waals surface area contributed by atoms with Gasteiger partial charge in [-0.15, -0.1) is 0 Å². The Hall–Kier alpha value is -2.51. The van der Waals surface area contributed by atoms with E-state index in [0.29, 0.717) is 13.0 Å². The number of carboxylic acids is 1. The van der Waals surface area contributed by atoms with Crippen LogP contribution in [0, 0.1) is 0 Å². The Bertz CT molecular complexity index is 1080. The first-order chi connectivity index (χ1) is 14.1. The first-order valence-electron chi connectivity index (χ1n) is 10.1. The van der Waals surface area contributed by atoms with Crippen molar-refractivity contribution in [3.8, 4) is 0 Å². The second kappa shape index (κ2) is 8.70. The number of nitrogens with zero attached hydrogens (tertiary/aromatic N) is 1. The molecule has 1 aliphatic rings. The lowest BCUT2D eigenvalue weighted by molar-refractivity contribution is -0.456. The third-order valence-electron chi connectivity index (χ3n) is 6.11. The molecule has 0 amide bonds. The monoisotopic (exact) mass is 430 g/mol. The number of hydrogen-bond acceptors (Lipinski definition) is 3. The number of rotatable bonds is 9. The number of carbonyl (C=O) groups is 1. The average molecular weight is 431 g/mol. The SMILES string of the molecule is CC1=[N+](Cc2ccccc2)c2ccc(S(=O)(=O)O)cc2[C@@]1(C)CCCCCC(=O)O. The fourth-order valence-corrected chi connectivity index (χ4v) is 4.75. The lowest BCUT2D eigenvalue weighted by atomic mass is 9.76. The van der Waals surface area contributed by atoms with Crippen molar-refractivity contribution in [1.29, 1.82) is 0 Å². The molecule has 0 radical (unpaired) electrons. The molecule has 0 saturated heterocycles. The second-order valence-electron chi connectivity index (χ2n) is 8.10. The van der Waals surface area contributed by atoms with E-state index in [1.807, 2.05) is 18.2 Å². The molecule has 30 heavy (non-hydrogen) atoms. The highest BCUT2D eigenvalue weighted by atomic mass is 32.2. The molecule has 0 bridgehead atoms. The highest BCUT2D eigenvalue weighted by molar-refractivity contribution is 7.85. The van der Waals surface area contributed by atoms with Gasteiger partial charge in [-0.1, -0.05) is 43.2 Å². The molecule has 2 N–H and O–H groups in total. The van der Waals surface area contributed by atoms with Crippen molar-refractivity contribution in [1.82, 2.24) is 0 Å². The predicted molar refractivity (Wildman–Crippen MR) is 115 cm³/mol. The molecule has 1 atom stereocenters. The molecular weight excluding hydrogens is 402 g/mol. The largest absolute Gasteiger partial charge is 0.481 e. The minimum absolute atomic E-state index is 0.104. The summed E-state index contributed by atoms with van der Waals surface area (Å²) in [6, 6.07) is 14.9. The van der Waals surface area contributed by atoms with Crippen LogP contribution in [0.25, 0.3) is 0 Å². The standard InChI is InChI=1S/C23H27NO5S/c1-17-23(2,14-8-4-7-11-22(25)26)20-15-19(30(27,28)29)12-13-21(20)24(17)16-18-9-5-3-6-10-18/h3,5-6,9-10,12-13,15H,4,7-8,11,14,16H2,1-2H3,(H-,25,26,27,28,29)/p+1/t23-/m0/s1. The van der Waals surface area contributed by atoms with Crippen molar-refractivity contribution in [3.63, 3.8) is 0 Å². The van der Waals surface area contributed by atoms with Gasteiger partial charge in [-0.05, 0) is 31.9 Å².